The molecule has 0 aromatic heterocycles. The van der Waals surface area contributed by atoms with Crippen molar-refractivity contribution in [2.45, 2.75) is 47.1 Å². The highest BCUT2D eigenvalue weighted by atomic mass is 15.2. The van der Waals surface area contributed by atoms with Gasteiger partial charge in [-0.15, -0.1) is 0 Å². The van der Waals surface area contributed by atoms with E-state index in [2.05, 4.69) is 51.7 Å². The number of aryl methyl sites for hydroxylation is 3. The summed E-state index contributed by atoms with van der Waals surface area (Å²) in [4.78, 5) is 2.61. The highest BCUT2D eigenvalue weighted by Gasteiger charge is 2.29. The molecular weight excluding hydrogens is 244 g/mol. The van der Waals surface area contributed by atoms with E-state index in [9.17, 15) is 0 Å². The maximum Gasteiger partial charge on any atom is 0.0475 e. The van der Waals surface area contributed by atoms with E-state index in [1.54, 1.807) is 0 Å². The van der Waals surface area contributed by atoms with E-state index in [1.165, 1.54) is 41.8 Å². The van der Waals surface area contributed by atoms with Crippen molar-refractivity contribution in [3.8, 4) is 0 Å². The highest BCUT2D eigenvalue weighted by molar-refractivity contribution is 5.40. The molecule has 2 N–H and O–H groups in total. The van der Waals surface area contributed by atoms with Crippen molar-refractivity contribution < 1.29 is 0 Å². The lowest BCUT2D eigenvalue weighted by molar-refractivity contribution is 0.0977. The van der Waals surface area contributed by atoms with Crippen LogP contribution < -0.4 is 5.73 Å². The van der Waals surface area contributed by atoms with Gasteiger partial charge in [0.1, 0.15) is 0 Å². The number of rotatable bonds is 3. The van der Waals surface area contributed by atoms with Crippen LogP contribution in [0.15, 0.2) is 12.1 Å². The molecule has 1 aromatic rings. The van der Waals surface area contributed by atoms with E-state index >= 15 is 0 Å². The lowest BCUT2D eigenvalue weighted by Crippen LogP contribution is -2.43. The maximum absolute atomic E-state index is 6.15. The van der Waals surface area contributed by atoms with Crippen molar-refractivity contribution >= 4 is 0 Å². The van der Waals surface area contributed by atoms with Crippen LogP contribution in [0, 0.1) is 32.6 Å². The molecule has 2 nitrogen and oxygen atoms in total. The summed E-state index contributed by atoms with van der Waals surface area (Å²) in [6.07, 6.45) is 1.29. The van der Waals surface area contributed by atoms with Gasteiger partial charge in [-0.3, -0.25) is 4.90 Å². The fraction of sp³-hybridized carbons (Fsp3) is 0.667. The van der Waals surface area contributed by atoms with E-state index in [1.807, 2.05) is 0 Å². The summed E-state index contributed by atoms with van der Waals surface area (Å²) in [5, 5.41) is 0. The summed E-state index contributed by atoms with van der Waals surface area (Å²) >= 11 is 0. The quantitative estimate of drug-likeness (QED) is 0.912. The molecule has 20 heavy (non-hydrogen) atoms. The molecule has 112 valence electrons. The molecule has 1 heterocycles. The van der Waals surface area contributed by atoms with Crippen LogP contribution >= 0.6 is 0 Å². The zero-order valence-electron chi connectivity index (χ0n) is 13.7. The Morgan fingerprint density at radius 3 is 2.25 bits per heavy atom. The second-order valence-corrected chi connectivity index (χ2v) is 6.80. The molecule has 1 aromatic carbocycles. The Bertz CT molecular complexity index is 443. The van der Waals surface area contributed by atoms with Gasteiger partial charge in [-0.1, -0.05) is 31.5 Å². The van der Waals surface area contributed by atoms with Crippen LogP contribution in [-0.2, 0) is 0 Å². The Morgan fingerprint density at radius 1 is 1.15 bits per heavy atom. The fourth-order valence-electron chi connectivity index (χ4n) is 3.74. The van der Waals surface area contributed by atoms with Gasteiger partial charge >= 0.3 is 0 Å². The zero-order chi connectivity index (χ0) is 14.9. The number of likely N-dealkylation sites (tertiary alicyclic amines) is 1. The minimum atomic E-state index is 0.380. The third-order valence-electron chi connectivity index (χ3n) is 5.10. The van der Waals surface area contributed by atoms with Gasteiger partial charge in [-0.05, 0) is 62.3 Å². The summed E-state index contributed by atoms with van der Waals surface area (Å²) in [6.45, 7) is 14.5. The zero-order valence-corrected chi connectivity index (χ0v) is 13.7. The average molecular weight is 274 g/mol. The summed E-state index contributed by atoms with van der Waals surface area (Å²) in [6, 6.07) is 4.97. The first kappa shape index (κ1) is 15.5. The topological polar surface area (TPSA) is 29.3 Å². The van der Waals surface area contributed by atoms with Crippen molar-refractivity contribution in [3.05, 3.63) is 34.4 Å². The van der Waals surface area contributed by atoms with Crippen LogP contribution in [0.4, 0.5) is 0 Å². The standard InChI is InChI=1S/C18H30N2/c1-12-8-14(3)18(15(4)9-12)17(10-19)20-7-6-13(2)16(5)11-20/h8-9,13,16-17H,6-7,10-11,19H2,1-5H3. The van der Waals surface area contributed by atoms with Gasteiger partial charge in [0.2, 0.25) is 0 Å². The second kappa shape index (κ2) is 6.28. The first-order valence-electron chi connectivity index (χ1n) is 7.96. The number of benzene rings is 1. The van der Waals surface area contributed by atoms with Crippen LogP contribution in [-0.4, -0.2) is 24.5 Å². The first-order chi connectivity index (χ1) is 9.43. The largest absolute Gasteiger partial charge is 0.329 e. The lowest BCUT2D eigenvalue weighted by atomic mass is 9.86. The van der Waals surface area contributed by atoms with Gasteiger partial charge < -0.3 is 5.73 Å². The van der Waals surface area contributed by atoms with Crippen molar-refractivity contribution in [2.24, 2.45) is 17.6 Å². The van der Waals surface area contributed by atoms with E-state index in [4.69, 9.17) is 5.73 Å². The van der Waals surface area contributed by atoms with Gasteiger partial charge in [-0.2, -0.15) is 0 Å². The normalized spacial score (nSPS) is 25.7. The first-order valence-corrected chi connectivity index (χ1v) is 7.96. The Labute approximate surface area is 124 Å². The van der Waals surface area contributed by atoms with E-state index < -0.39 is 0 Å². The highest BCUT2D eigenvalue weighted by Crippen LogP contribution is 2.32. The second-order valence-electron chi connectivity index (χ2n) is 6.80. The Morgan fingerprint density at radius 2 is 1.75 bits per heavy atom. The fourth-order valence-corrected chi connectivity index (χ4v) is 3.74. The molecule has 1 aliphatic rings. The van der Waals surface area contributed by atoms with Crippen LogP contribution in [0.3, 0.4) is 0 Å². The minimum absolute atomic E-state index is 0.380. The SMILES string of the molecule is Cc1cc(C)c(C(CN)N2CCC(C)C(C)C2)c(C)c1. The molecule has 0 amide bonds. The molecule has 1 aliphatic heterocycles. The molecule has 1 saturated heterocycles. The molecule has 0 aliphatic carbocycles. The van der Waals surface area contributed by atoms with Gasteiger partial charge in [0.15, 0.2) is 0 Å². The summed E-state index contributed by atoms with van der Waals surface area (Å²) in [5.41, 5.74) is 11.7. The van der Waals surface area contributed by atoms with E-state index in [0.717, 1.165) is 11.8 Å². The molecule has 3 atom stereocenters. The lowest BCUT2D eigenvalue weighted by Gasteiger charge is -2.41. The van der Waals surface area contributed by atoms with Crippen LogP contribution in [0.25, 0.3) is 0 Å². The molecule has 2 heteroatoms. The molecule has 0 bridgehead atoms. The van der Waals surface area contributed by atoms with E-state index in [-0.39, 0.29) is 0 Å². The number of hydrogen-bond acceptors (Lipinski definition) is 2. The van der Waals surface area contributed by atoms with Crippen LogP contribution in [0.5, 0.6) is 0 Å². The third kappa shape index (κ3) is 3.07. The van der Waals surface area contributed by atoms with Crippen molar-refractivity contribution in [1.82, 2.24) is 4.90 Å². The van der Waals surface area contributed by atoms with Crippen molar-refractivity contribution in [3.63, 3.8) is 0 Å². The predicted octanol–water partition coefficient (Wildman–Crippen LogP) is 3.59. The number of hydrogen-bond donors (Lipinski definition) is 1. The smallest absolute Gasteiger partial charge is 0.0475 e. The molecular formula is C18H30N2. The van der Waals surface area contributed by atoms with Crippen LogP contribution in [0.1, 0.15) is 48.6 Å². The predicted molar refractivity (Wildman–Crippen MR) is 87.0 cm³/mol. The average Bonchev–Trinajstić information content (AvgIpc) is 2.37. The number of nitrogens with two attached hydrogens (primary N) is 1. The van der Waals surface area contributed by atoms with Crippen LogP contribution in [0.2, 0.25) is 0 Å². The molecule has 0 saturated carbocycles. The maximum atomic E-state index is 6.15. The van der Waals surface area contributed by atoms with Crippen molar-refractivity contribution in [1.29, 1.82) is 0 Å². The Balaban J connectivity index is 2.29. The summed E-state index contributed by atoms with van der Waals surface area (Å²) < 4.78 is 0. The van der Waals surface area contributed by atoms with Gasteiger partial charge in [0.05, 0.1) is 0 Å². The molecule has 3 unspecified atom stereocenters. The Kier molecular flexibility index (Phi) is 4.87. The minimum Gasteiger partial charge on any atom is -0.329 e. The summed E-state index contributed by atoms with van der Waals surface area (Å²) in [5.74, 6) is 1.61. The molecule has 0 radical (unpaired) electrons. The number of nitrogens with zero attached hydrogens (tertiary/aromatic N) is 1. The van der Waals surface area contributed by atoms with Crippen molar-refractivity contribution in [2.75, 3.05) is 19.6 Å². The molecule has 2 rings (SSSR count). The Hall–Kier alpha value is -0.860. The molecule has 0 spiro atoms. The monoisotopic (exact) mass is 274 g/mol. The molecule has 1 fully saturated rings. The van der Waals surface area contributed by atoms with Gasteiger partial charge in [-0.25, -0.2) is 0 Å². The van der Waals surface area contributed by atoms with Gasteiger partial charge in [0.25, 0.3) is 0 Å². The number of piperidine rings is 1. The van der Waals surface area contributed by atoms with E-state index in [0.29, 0.717) is 12.6 Å². The summed E-state index contributed by atoms with van der Waals surface area (Å²) in [7, 11) is 0. The van der Waals surface area contributed by atoms with Gasteiger partial charge in [0, 0.05) is 19.1 Å². The third-order valence-corrected chi connectivity index (χ3v) is 5.10.